The number of amides is 1. The minimum atomic E-state index is -3.70. The molecule has 0 unspecified atom stereocenters. The molecule has 0 radical (unpaired) electrons. The zero-order chi connectivity index (χ0) is 21.9. The van der Waals surface area contributed by atoms with Gasteiger partial charge in [-0.05, 0) is 71.7 Å². The number of carbonyl (C=O) groups excluding carboxylic acids is 1. The third-order valence-corrected chi connectivity index (χ3v) is 6.63. The first-order chi connectivity index (χ1) is 14.0. The van der Waals surface area contributed by atoms with Crippen molar-refractivity contribution in [3.8, 4) is 5.75 Å². The van der Waals surface area contributed by atoms with E-state index in [-0.39, 0.29) is 11.5 Å². The van der Waals surface area contributed by atoms with Gasteiger partial charge in [-0.1, -0.05) is 36.4 Å². The Balaban J connectivity index is 1.68. The van der Waals surface area contributed by atoms with Crippen LogP contribution in [0.2, 0.25) is 0 Å². The van der Waals surface area contributed by atoms with E-state index < -0.39 is 21.5 Å². The normalized spacial score (nSPS) is 12.0. The number of hydrogen-bond acceptors (Lipinski definition) is 4. The van der Waals surface area contributed by atoms with Gasteiger partial charge in [0.15, 0.2) is 6.61 Å². The molecule has 0 heterocycles. The highest BCUT2D eigenvalue weighted by atomic mass is 79.9. The zero-order valence-corrected chi connectivity index (χ0v) is 19.3. The monoisotopic (exact) mass is 490 g/mol. The third kappa shape index (κ3) is 5.59. The van der Waals surface area contributed by atoms with Gasteiger partial charge in [-0.2, -0.15) is 0 Å². The SMILES string of the molecule is CC(C)(C)NS(=O)(=O)c1cccc(NC(=O)COc2ccc3ccccc3c2Br)c1. The molecule has 0 aromatic heterocycles. The molecule has 30 heavy (non-hydrogen) atoms. The zero-order valence-electron chi connectivity index (χ0n) is 16.9. The Labute approximate surface area is 184 Å². The highest BCUT2D eigenvalue weighted by molar-refractivity contribution is 9.10. The minimum absolute atomic E-state index is 0.0772. The first-order valence-electron chi connectivity index (χ1n) is 9.29. The molecule has 0 spiro atoms. The van der Waals surface area contributed by atoms with E-state index in [9.17, 15) is 13.2 Å². The summed E-state index contributed by atoms with van der Waals surface area (Å²) in [4.78, 5) is 12.4. The van der Waals surface area contributed by atoms with Gasteiger partial charge >= 0.3 is 0 Å². The smallest absolute Gasteiger partial charge is 0.262 e. The summed E-state index contributed by atoms with van der Waals surface area (Å²) in [5.41, 5.74) is -0.239. The number of fused-ring (bicyclic) bond motifs is 1. The predicted octanol–water partition coefficient (Wildman–Crippen LogP) is 4.70. The molecular formula is C22H23BrN2O4S. The number of halogens is 1. The van der Waals surface area contributed by atoms with Gasteiger partial charge in [-0.3, -0.25) is 4.79 Å². The van der Waals surface area contributed by atoms with Gasteiger partial charge in [-0.25, -0.2) is 13.1 Å². The number of sulfonamides is 1. The fourth-order valence-electron chi connectivity index (χ4n) is 2.87. The Morgan fingerprint density at radius 1 is 1.03 bits per heavy atom. The van der Waals surface area contributed by atoms with E-state index in [0.29, 0.717) is 11.4 Å². The molecule has 3 aromatic carbocycles. The molecule has 0 atom stereocenters. The summed E-state index contributed by atoms with van der Waals surface area (Å²) in [5, 5.41) is 4.72. The maximum Gasteiger partial charge on any atom is 0.262 e. The molecule has 2 N–H and O–H groups in total. The Kier molecular flexibility index (Phi) is 6.50. The van der Waals surface area contributed by atoms with Crippen LogP contribution in [0.3, 0.4) is 0 Å². The summed E-state index contributed by atoms with van der Waals surface area (Å²) in [7, 11) is -3.70. The van der Waals surface area contributed by atoms with Crippen molar-refractivity contribution in [3.63, 3.8) is 0 Å². The number of rotatable bonds is 6. The van der Waals surface area contributed by atoms with Gasteiger partial charge < -0.3 is 10.1 Å². The van der Waals surface area contributed by atoms with Crippen LogP contribution in [0.5, 0.6) is 5.75 Å². The van der Waals surface area contributed by atoms with Crippen molar-refractivity contribution < 1.29 is 17.9 Å². The number of nitrogens with one attached hydrogen (secondary N) is 2. The second-order valence-electron chi connectivity index (χ2n) is 7.82. The summed E-state index contributed by atoms with van der Waals surface area (Å²) in [6.45, 7) is 5.07. The quantitative estimate of drug-likeness (QED) is 0.524. The second-order valence-corrected chi connectivity index (χ2v) is 10.3. The number of anilines is 1. The Morgan fingerprint density at radius 2 is 1.77 bits per heavy atom. The van der Waals surface area contributed by atoms with Gasteiger partial charge in [0.2, 0.25) is 10.0 Å². The molecule has 0 aliphatic carbocycles. The largest absolute Gasteiger partial charge is 0.483 e. The van der Waals surface area contributed by atoms with Crippen LogP contribution in [-0.2, 0) is 14.8 Å². The Hall–Kier alpha value is -2.42. The molecule has 0 fully saturated rings. The molecule has 3 aromatic rings. The van der Waals surface area contributed by atoms with Crippen molar-refractivity contribution >= 4 is 48.3 Å². The lowest BCUT2D eigenvalue weighted by molar-refractivity contribution is -0.118. The average molecular weight is 491 g/mol. The molecule has 1 amide bonds. The number of carbonyl (C=O) groups is 1. The lowest BCUT2D eigenvalue weighted by Gasteiger charge is -2.20. The van der Waals surface area contributed by atoms with E-state index in [1.807, 2.05) is 30.3 Å². The molecule has 0 bridgehead atoms. The summed E-state index contributed by atoms with van der Waals surface area (Å²) in [6.07, 6.45) is 0. The molecule has 158 valence electrons. The predicted molar refractivity (Wildman–Crippen MR) is 122 cm³/mol. The maximum atomic E-state index is 12.5. The van der Waals surface area contributed by atoms with Crippen LogP contribution in [0.4, 0.5) is 5.69 Å². The molecule has 0 saturated heterocycles. The standard InChI is InChI=1S/C22H23BrN2O4S/c1-22(2,3)25-30(27,28)17-9-6-8-16(13-17)24-20(26)14-29-19-12-11-15-7-4-5-10-18(15)21(19)23/h4-13,25H,14H2,1-3H3,(H,24,26). The number of hydrogen-bond donors (Lipinski definition) is 2. The van der Waals surface area contributed by atoms with Gasteiger partial charge in [0, 0.05) is 11.2 Å². The molecule has 6 nitrogen and oxygen atoms in total. The van der Waals surface area contributed by atoms with Crippen molar-refractivity contribution in [1.29, 1.82) is 0 Å². The third-order valence-electron chi connectivity index (χ3n) is 4.06. The molecule has 0 aliphatic heterocycles. The van der Waals surface area contributed by atoms with Crippen LogP contribution in [0, 0.1) is 0 Å². The second kappa shape index (κ2) is 8.75. The van der Waals surface area contributed by atoms with E-state index in [4.69, 9.17) is 4.74 Å². The van der Waals surface area contributed by atoms with Crippen LogP contribution in [0.15, 0.2) is 70.0 Å². The molecule has 3 rings (SSSR count). The van der Waals surface area contributed by atoms with Gasteiger partial charge in [0.1, 0.15) is 5.75 Å². The molecule has 0 aliphatic rings. The average Bonchev–Trinajstić information content (AvgIpc) is 2.66. The van der Waals surface area contributed by atoms with Crippen LogP contribution in [0.25, 0.3) is 10.8 Å². The van der Waals surface area contributed by atoms with Crippen molar-refractivity contribution in [2.75, 3.05) is 11.9 Å². The Bertz CT molecular complexity index is 1190. The first-order valence-corrected chi connectivity index (χ1v) is 11.6. The van der Waals surface area contributed by atoms with Crippen LogP contribution in [0.1, 0.15) is 20.8 Å². The van der Waals surface area contributed by atoms with Gasteiger partial charge in [0.05, 0.1) is 9.37 Å². The van der Waals surface area contributed by atoms with Crippen LogP contribution >= 0.6 is 15.9 Å². The summed E-state index contributed by atoms with van der Waals surface area (Å²) < 4.78 is 34.0. The van der Waals surface area contributed by atoms with Gasteiger partial charge in [0.25, 0.3) is 5.91 Å². The van der Waals surface area contributed by atoms with Gasteiger partial charge in [-0.15, -0.1) is 0 Å². The van der Waals surface area contributed by atoms with E-state index >= 15 is 0 Å². The first kappa shape index (κ1) is 22.3. The van der Waals surface area contributed by atoms with Crippen LogP contribution < -0.4 is 14.8 Å². The fourth-order valence-corrected chi connectivity index (χ4v) is 4.94. The van der Waals surface area contributed by atoms with E-state index in [1.165, 1.54) is 12.1 Å². The molecular weight excluding hydrogens is 468 g/mol. The highest BCUT2D eigenvalue weighted by Crippen LogP contribution is 2.33. The summed E-state index contributed by atoms with van der Waals surface area (Å²) in [6, 6.07) is 17.6. The lowest BCUT2D eigenvalue weighted by Crippen LogP contribution is -2.40. The number of ether oxygens (including phenoxy) is 1. The maximum absolute atomic E-state index is 12.5. The van der Waals surface area contributed by atoms with Crippen molar-refractivity contribution in [1.82, 2.24) is 4.72 Å². The van der Waals surface area contributed by atoms with E-state index in [2.05, 4.69) is 26.0 Å². The van der Waals surface area contributed by atoms with Crippen molar-refractivity contribution in [3.05, 3.63) is 65.1 Å². The molecule has 8 heteroatoms. The lowest BCUT2D eigenvalue weighted by atomic mass is 10.1. The van der Waals surface area contributed by atoms with E-state index in [0.717, 1.165) is 15.2 Å². The summed E-state index contributed by atoms with van der Waals surface area (Å²) in [5.74, 6) is 0.156. The van der Waals surface area contributed by atoms with Crippen LogP contribution in [-0.4, -0.2) is 26.5 Å². The van der Waals surface area contributed by atoms with Crippen molar-refractivity contribution in [2.45, 2.75) is 31.2 Å². The Morgan fingerprint density at radius 3 is 2.50 bits per heavy atom. The van der Waals surface area contributed by atoms with E-state index in [1.54, 1.807) is 39.0 Å². The fraction of sp³-hybridized carbons (Fsp3) is 0.227. The topological polar surface area (TPSA) is 84.5 Å². The molecule has 0 saturated carbocycles. The minimum Gasteiger partial charge on any atom is -0.483 e. The van der Waals surface area contributed by atoms with Crippen molar-refractivity contribution in [2.24, 2.45) is 0 Å². The number of benzene rings is 3. The highest BCUT2D eigenvalue weighted by Gasteiger charge is 2.22. The summed E-state index contributed by atoms with van der Waals surface area (Å²) >= 11 is 3.52.